The summed E-state index contributed by atoms with van der Waals surface area (Å²) in [7, 11) is 5.96. The third-order valence-electron chi connectivity index (χ3n) is 2.34. The van der Waals surface area contributed by atoms with Crippen LogP contribution in [0.5, 0.6) is 0 Å². The van der Waals surface area contributed by atoms with Gasteiger partial charge in [0.15, 0.2) is 0 Å². The van der Waals surface area contributed by atoms with Gasteiger partial charge in [0.05, 0.1) is 35.8 Å². The monoisotopic (exact) mass is 202 g/mol. The molecule has 2 aromatic rings. The van der Waals surface area contributed by atoms with E-state index in [1.165, 1.54) is 0 Å². The van der Waals surface area contributed by atoms with Gasteiger partial charge >= 0.3 is 0 Å². The average molecular weight is 202 g/mol. The molecule has 0 amide bonds. The van der Waals surface area contributed by atoms with Crippen LogP contribution in [0.1, 0.15) is 0 Å². The first-order valence-corrected chi connectivity index (χ1v) is 4.78. The van der Waals surface area contributed by atoms with Crippen LogP contribution in [0.15, 0.2) is 30.9 Å². The lowest BCUT2D eigenvalue weighted by atomic mass is 10.2. The van der Waals surface area contributed by atoms with Crippen LogP contribution >= 0.6 is 0 Å². The summed E-state index contributed by atoms with van der Waals surface area (Å²) in [6.07, 6.45) is 5.46. The molecule has 2 rings (SSSR count). The molecule has 0 aliphatic heterocycles. The summed E-state index contributed by atoms with van der Waals surface area (Å²) < 4.78 is 1.96. The highest BCUT2D eigenvalue weighted by Crippen LogP contribution is 2.18. The molecule has 2 heterocycles. The van der Waals surface area contributed by atoms with Gasteiger partial charge in [-0.3, -0.25) is 4.98 Å². The quantitative estimate of drug-likeness (QED) is 0.741. The SMILES string of the molecule is CN(C)c1ccc(-c2cncn2C)nc1. The number of rotatable bonds is 2. The Balaban J connectivity index is 2.36. The summed E-state index contributed by atoms with van der Waals surface area (Å²) in [6, 6.07) is 4.06. The second kappa shape index (κ2) is 3.73. The number of imidazole rings is 1. The van der Waals surface area contributed by atoms with Gasteiger partial charge < -0.3 is 9.47 Å². The van der Waals surface area contributed by atoms with Crippen LogP contribution in [-0.2, 0) is 7.05 Å². The third kappa shape index (κ3) is 1.83. The molecule has 0 fully saturated rings. The molecule has 0 unspecified atom stereocenters. The van der Waals surface area contributed by atoms with Crippen molar-refractivity contribution >= 4 is 5.69 Å². The van der Waals surface area contributed by atoms with Gasteiger partial charge in [-0.1, -0.05) is 0 Å². The highest BCUT2D eigenvalue weighted by molar-refractivity contribution is 5.57. The van der Waals surface area contributed by atoms with Gasteiger partial charge in [-0.2, -0.15) is 0 Å². The van der Waals surface area contributed by atoms with Crippen LogP contribution in [0.2, 0.25) is 0 Å². The number of nitrogens with zero attached hydrogens (tertiary/aromatic N) is 4. The van der Waals surface area contributed by atoms with Gasteiger partial charge in [0.1, 0.15) is 0 Å². The zero-order valence-corrected chi connectivity index (χ0v) is 9.18. The van der Waals surface area contributed by atoms with Crippen molar-refractivity contribution in [3.63, 3.8) is 0 Å². The van der Waals surface area contributed by atoms with Gasteiger partial charge in [0, 0.05) is 21.1 Å². The highest BCUT2D eigenvalue weighted by Gasteiger charge is 2.03. The topological polar surface area (TPSA) is 34.0 Å². The number of aromatic nitrogens is 3. The molecule has 0 atom stereocenters. The number of anilines is 1. The molecule has 15 heavy (non-hydrogen) atoms. The van der Waals surface area contributed by atoms with Crippen molar-refractivity contribution in [2.45, 2.75) is 0 Å². The first-order chi connectivity index (χ1) is 7.18. The summed E-state index contributed by atoms with van der Waals surface area (Å²) in [4.78, 5) is 10.5. The van der Waals surface area contributed by atoms with E-state index >= 15 is 0 Å². The lowest BCUT2D eigenvalue weighted by Crippen LogP contribution is -2.08. The third-order valence-corrected chi connectivity index (χ3v) is 2.34. The lowest BCUT2D eigenvalue weighted by molar-refractivity contribution is 0.916. The molecule has 0 N–H and O–H groups in total. The number of hydrogen-bond donors (Lipinski definition) is 0. The first kappa shape index (κ1) is 9.71. The predicted molar refractivity (Wildman–Crippen MR) is 60.8 cm³/mol. The summed E-state index contributed by atoms with van der Waals surface area (Å²) in [6.45, 7) is 0. The van der Waals surface area contributed by atoms with Gasteiger partial charge in [-0.25, -0.2) is 4.98 Å². The minimum atomic E-state index is 0.945. The minimum Gasteiger partial charge on any atom is -0.376 e. The summed E-state index contributed by atoms with van der Waals surface area (Å²) >= 11 is 0. The van der Waals surface area contributed by atoms with Crippen molar-refractivity contribution in [2.75, 3.05) is 19.0 Å². The van der Waals surface area contributed by atoms with Crippen molar-refractivity contribution in [1.29, 1.82) is 0 Å². The molecule has 0 aromatic carbocycles. The number of pyridine rings is 1. The Morgan fingerprint density at radius 1 is 1.20 bits per heavy atom. The average Bonchev–Trinajstić information content (AvgIpc) is 2.65. The van der Waals surface area contributed by atoms with Crippen LogP contribution < -0.4 is 4.90 Å². The Bertz CT molecular complexity index is 442. The molecule has 0 saturated carbocycles. The van der Waals surface area contributed by atoms with Gasteiger partial charge in [0.2, 0.25) is 0 Å². The van der Waals surface area contributed by atoms with Crippen molar-refractivity contribution in [2.24, 2.45) is 7.05 Å². The van der Waals surface area contributed by atoms with Crippen LogP contribution in [0.25, 0.3) is 11.4 Å². The summed E-state index contributed by atoms with van der Waals surface area (Å²) in [5.41, 5.74) is 3.07. The Kier molecular flexibility index (Phi) is 2.41. The molecule has 2 aromatic heterocycles. The van der Waals surface area contributed by atoms with Crippen molar-refractivity contribution < 1.29 is 0 Å². The van der Waals surface area contributed by atoms with Crippen molar-refractivity contribution in [1.82, 2.24) is 14.5 Å². The lowest BCUT2D eigenvalue weighted by Gasteiger charge is -2.11. The minimum absolute atomic E-state index is 0.945. The predicted octanol–water partition coefficient (Wildman–Crippen LogP) is 1.55. The molecular weight excluding hydrogens is 188 g/mol. The van der Waals surface area contributed by atoms with Gasteiger partial charge in [-0.15, -0.1) is 0 Å². The fourth-order valence-electron chi connectivity index (χ4n) is 1.41. The molecule has 0 aliphatic rings. The Morgan fingerprint density at radius 2 is 2.00 bits per heavy atom. The standard InChI is InChI=1S/C11H14N4/c1-14(2)9-4-5-10(13-6-9)11-7-12-8-15(11)3/h4-8H,1-3H3. The maximum absolute atomic E-state index is 4.40. The van der Waals surface area contributed by atoms with Gasteiger partial charge in [-0.05, 0) is 12.1 Å². The largest absolute Gasteiger partial charge is 0.376 e. The Labute approximate surface area is 89.2 Å². The van der Waals surface area contributed by atoms with Crippen LogP contribution in [0, 0.1) is 0 Å². The second-order valence-corrected chi connectivity index (χ2v) is 3.69. The normalized spacial score (nSPS) is 10.3. The van der Waals surface area contributed by atoms with Crippen LogP contribution in [0.4, 0.5) is 5.69 Å². The molecule has 4 nitrogen and oxygen atoms in total. The highest BCUT2D eigenvalue weighted by atomic mass is 15.1. The van der Waals surface area contributed by atoms with E-state index in [4.69, 9.17) is 0 Å². The van der Waals surface area contributed by atoms with Crippen LogP contribution in [0.3, 0.4) is 0 Å². The van der Waals surface area contributed by atoms with Crippen molar-refractivity contribution in [3.8, 4) is 11.4 Å². The molecule has 78 valence electrons. The zero-order chi connectivity index (χ0) is 10.8. The maximum atomic E-state index is 4.40. The van der Waals surface area contributed by atoms with E-state index in [1.54, 1.807) is 6.33 Å². The molecule has 0 bridgehead atoms. The fraction of sp³-hybridized carbons (Fsp3) is 0.273. The van der Waals surface area contributed by atoms with Crippen LogP contribution in [-0.4, -0.2) is 28.6 Å². The second-order valence-electron chi connectivity index (χ2n) is 3.69. The van der Waals surface area contributed by atoms with E-state index in [0.29, 0.717) is 0 Å². The van der Waals surface area contributed by atoms with E-state index < -0.39 is 0 Å². The first-order valence-electron chi connectivity index (χ1n) is 4.78. The number of aryl methyl sites for hydroxylation is 1. The zero-order valence-electron chi connectivity index (χ0n) is 9.18. The van der Waals surface area contributed by atoms with E-state index in [-0.39, 0.29) is 0 Å². The molecule has 0 aliphatic carbocycles. The molecule has 4 heteroatoms. The molecular formula is C11H14N4. The van der Waals surface area contributed by atoms with E-state index in [1.807, 2.05) is 49.1 Å². The molecule has 0 spiro atoms. The smallest absolute Gasteiger partial charge is 0.0948 e. The maximum Gasteiger partial charge on any atom is 0.0948 e. The summed E-state index contributed by atoms with van der Waals surface area (Å²) in [5.74, 6) is 0. The van der Waals surface area contributed by atoms with E-state index in [9.17, 15) is 0 Å². The molecule has 0 saturated heterocycles. The fourth-order valence-corrected chi connectivity index (χ4v) is 1.41. The Morgan fingerprint density at radius 3 is 2.47 bits per heavy atom. The van der Waals surface area contributed by atoms with Gasteiger partial charge in [0.25, 0.3) is 0 Å². The summed E-state index contributed by atoms with van der Waals surface area (Å²) in [5, 5.41) is 0. The van der Waals surface area contributed by atoms with Crippen molar-refractivity contribution in [3.05, 3.63) is 30.9 Å². The van der Waals surface area contributed by atoms with E-state index in [0.717, 1.165) is 17.1 Å². The molecule has 0 radical (unpaired) electrons. The Hall–Kier alpha value is -1.84. The number of hydrogen-bond acceptors (Lipinski definition) is 3. The van der Waals surface area contributed by atoms with E-state index in [2.05, 4.69) is 16.0 Å².